The summed E-state index contributed by atoms with van der Waals surface area (Å²) < 4.78 is 5.06. The number of carbonyl (C=O) groups excluding carboxylic acids is 1. The highest BCUT2D eigenvalue weighted by atomic mass is 16.5. The van der Waals surface area contributed by atoms with Gasteiger partial charge in [-0.25, -0.2) is 0 Å². The van der Waals surface area contributed by atoms with E-state index in [0.717, 1.165) is 51.3 Å². The normalized spacial score (nSPS) is 18.8. The van der Waals surface area contributed by atoms with Gasteiger partial charge < -0.3 is 9.42 Å². The number of rotatable bonds is 5. The Kier molecular flexibility index (Phi) is 4.65. The predicted molar refractivity (Wildman–Crippen MR) is 96.3 cm³/mol. The molecule has 1 aromatic heterocycles. The Balaban J connectivity index is 1.28. The third kappa shape index (κ3) is 3.82. The van der Waals surface area contributed by atoms with Crippen molar-refractivity contribution >= 4 is 12.0 Å². The van der Waals surface area contributed by atoms with Crippen LogP contribution in [0.2, 0.25) is 0 Å². The molecule has 25 heavy (non-hydrogen) atoms. The smallest absolute Gasteiger partial charge is 0.259 e. The molecule has 2 fully saturated rings. The van der Waals surface area contributed by atoms with Gasteiger partial charge in [0.1, 0.15) is 11.8 Å². The van der Waals surface area contributed by atoms with Crippen LogP contribution in [0.15, 0.2) is 47.2 Å². The van der Waals surface area contributed by atoms with E-state index in [1.807, 2.05) is 23.1 Å². The van der Waals surface area contributed by atoms with Gasteiger partial charge in [-0.15, -0.1) is 0 Å². The van der Waals surface area contributed by atoms with Gasteiger partial charge in [0, 0.05) is 38.6 Å². The molecule has 0 spiro atoms. The van der Waals surface area contributed by atoms with Gasteiger partial charge in [-0.05, 0) is 18.4 Å². The molecule has 5 nitrogen and oxygen atoms in total. The van der Waals surface area contributed by atoms with E-state index in [9.17, 15) is 4.79 Å². The zero-order valence-electron chi connectivity index (χ0n) is 14.3. The molecule has 130 valence electrons. The lowest BCUT2D eigenvalue weighted by Crippen LogP contribution is -2.48. The molecule has 1 saturated heterocycles. The second-order valence-electron chi connectivity index (χ2n) is 6.79. The Labute approximate surface area is 147 Å². The summed E-state index contributed by atoms with van der Waals surface area (Å²) in [6, 6.07) is 10.3. The molecule has 1 aromatic carbocycles. The number of hydrogen-bond donors (Lipinski definition) is 0. The van der Waals surface area contributed by atoms with E-state index < -0.39 is 0 Å². The average Bonchev–Trinajstić information content (AvgIpc) is 3.39. The van der Waals surface area contributed by atoms with Gasteiger partial charge in [0.2, 0.25) is 0 Å². The van der Waals surface area contributed by atoms with Crippen molar-refractivity contribution in [1.82, 2.24) is 15.0 Å². The summed E-state index contributed by atoms with van der Waals surface area (Å²) >= 11 is 0. The number of aromatic nitrogens is 1. The third-order valence-electron chi connectivity index (χ3n) is 4.93. The van der Waals surface area contributed by atoms with Crippen molar-refractivity contribution < 1.29 is 9.32 Å². The lowest BCUT2D eigenvalue weighted by Gasteiger charge is -2.34. The third-order valence-corrected chi connectivity index (χ3v) is 4.93. The van der Waals surface area contributed by atoms with Crippen LogP contribution < -0.4 is 0 Å². The molecule has 0 N–H and O–H groups in total. The van der Waals surface area contributed by atoms with Gasteiger partial charge in [-0.2, -0.15) is 0 Å². The maximum Gasteiger partial charge on any atom is 0.259 e. The first-order valence-corrected chi connectivity index (χ1v) is 8.99. The number of benzene rings is 1. The number of hydrogen-bond acceptors (Lipinski definition) is 4. The summed E-state index contributed by atoms with van der Waals surface area (Å²) in [6.45, 7) is 4.22. The van der Waals surface area contributed by atoms with Crippen LogP contribution in [0.3, 0.4) is 0 Å². The van der Waals surface area contributed by atoms with E-state index in [-0.39, 0.29) is 5.91 Å². The van der Waals surface area contributed by atoms with Crippen LogP contribution in [-0.4, -0.2) is 53.6 Å². The monoisotopic (exact) mass is 337 g/mol. The van der Waals surface area contributed by atoms with Crippen LogP contribution in [0.5, 0.6) is 0 Å². The lowest BCUT2D eigenvalue weighted by atomic mass is 10.1. The van der Waals surface area contributed by atoms with Crippen molar-refractivity contribution in [3.05, 3.63) is 59.5 Å². The second-order valence-corrected chi connectivity index (χ2v) is 6.79. The molecule has 0 radical (unpaired) electrons. The van der Waals surface area contributed by atoms with Crippen molar-refractivity contribution in [2.24, 2.45) is 0 Å². The Morgan fingerprint density at radius 3 is 2.64 bits per heavy atom. The van der Waals surface area contributed by atoms with Crippen LogP contribution >= 0.6 is 0 Å². The molecule has 0 atom stereocenters. The maximum atomic E-state index is 12.7. The molecule has 1 amide bonds. The van der Waals surface area contributed by atoms with Crippen LogP contribution in [-0.2, 0) is 0 Å². The Morgan fingerprint density at radius 1 is 1.16 bits per heavy atom. The Bertz CT molecular complexity index is 741. The van der Waals surface area contributed by atoms with Gasteiger partial charge in [0.25, 0.3) is 5.91 Å². The van der Waals surface area contributed by atoms with E-state index in [1.165, 1.54) is 11.8 Å². The zero-order chi connectivity index (χ0) is 17.1. The number of carbonyl (C=O) groups is 1. The molecular weight excluding hydrogens is 314 g/mol. The summed E-state index contributed by atoms with van der Waals surface area (Å²) in [6.07, 6.45) is 8.10. The number of piperazine rings is 1. The molecule has 5 heteroatoms. The average molecular weight is 337 g/mol. The van der Waals surface area contributed by atoms with Crippen LogP contribution in [0, 0.1) is 0 Å². The van der Waals surface area contributed by atoms with Gasteiger partial charge in [0.05, 0.1) is 5.69 Å². The quantitative estimate of drug-likeness (QED) is 0.841. The van der Waals surface area contributed by atoms with E-state index in [2.05, 4.69) is 34.3 Å². The van der Waals surface area contributed by atoms with Gasteiger partial charge >= 0.3 is 0 Å². The van der Waals surface area contributed by atoms with Crippen LogP contribution in [0.25, 0.3) is 6.08 Å². The van der Waals surface area contributed by atoms with Crippen LogP contribution in [0.4, 0.5) is 0 Å². The van der Waals surface area contributed by atoms with E-state index >= 15 is 0 Å². The number of nitrogens with zero attached hydrogens (tertiary/aromatic N) is 3. The summed E-state index contributed by atoms with van der Waals surface area (Å²) in [5.41, 5.74) is 2.74. The molecule has 2 aliphatic rings. The Hall–Kier alpha value is -2.40. The summed E-state index contributed by atoms with van der Waals surface area (Å²) in [4.78, 5) is 17.0. The van der Waals surface area contributed by atoms with Gasteiger partial charge in [0.15, 0.2) is 0 Å². The molecule has 2 aromatic rings. The lowest BCUT2D eigenvalue weighted by molar-refractivity contribution is 0.0648. The minimum Gasteiger partial charge on any atom is -0.364 e. The van der Waals surface area contributed by atoms with Crippen molar-refractivity contribution in [2.45, 2.75) is 18.8 Å². The van der Waals surface area contributed by atoms with Crippen molar-refractivity contribution in [2.75, 3.05) is 32.7 Å². The molecular formula is C20H23N3O2. The highest BCUT2D eigenvalue weighted by Crippen LogP contribution is 2.41. The molecule has 0 unspecified atom stereocenters. The molecule has 1 saturated carbocycles. The van der Waals surface area contributed by atoms with Crippen molar-refractivity contribution in [1.29, 1.82) is 0 Å². The van der Waals surface area contributed by atoms with E-state index in [4.69, 9.17) is 4.52 Å². The molecule has 2 heterocycles. The SMILES string of the molecule is O=C(c1conc1C1CC1)N1CCN(CC=Cc2ccccc2)CC1. The van der Waals surface area contributed by atoms with E-state index in [1.54, 1.807) is 0 Å². The van der Waals surface area contributed by atoms with Crippen molar-refractivity contribution in [3.8, 4) is 0 Å². The van der Waals surface area contributed by atoms with Crippen LogP contribution in [0.1, 0.15) is 40.4 Å². The van der Waals surface area contributed by atoms with E-state index in [0.29, 0.717) is 11.5 Å². The zero-order valence-corrected chi connectivity index (χ0v) is 14.3. The molecule has 4 rings (SSSR count). The minimum atomic E-state index is 0.0719. The molecule has 1 aliphatic heterocycles. The first-order chi connectivity index (χ1) is 12.3. The fourth-order valence-electron chi connectivity index (χ4n) is 3.26. The fourth-order valence-corrected chi connectivity index (χ4v) is 3.26. The van der Waals surface area contributed by atoms with Crippen molar-refractivity contribution in [3.63, 3.8) is 0 Å². The highest BCUT2D eigenvalue weighted by molar-refractivity contribution is 5.95. The topological polar surface area (TPSA) is 49.6 Å². The summed E-state index contributed by atoms with van der Waals surface area (Å²) in [7, 11) is 0. The first kappa shape index (κ1) is 16.1. The molecule has 0 bridgehead atoms. The first-order valence-electron chi connectivity index (χ1n) is 8.99. The van der Waals surface area contributed by atoms with Gasteiger partial charge in [-0.1, -0.05) is 47.6 Å². The highest BCUT2D eigenvalue weighted by Gasteiger charge is 2.33. The summed E-state index contributed by atoms with van der Waals surface area (Å²) in [5.74, 6) is 0.504. The largest absolute Gasteiger partial charge is 0.364 e. The van der Waals surface area contributed by atoms with Gasteiger partial charge in [-0.3, -0.25) is 9.69 Å². The second kappa shape index (κ2) is 7.23. The summed E-state index contributed by atoms with van der Waals surface area (Å²) in [5, 5.41) is 4.04. The maximum absolute atomic E-state index is 12.7. The molecule has 1 aliphatic carbocycles. The fraction of sp³-hybridized carbons (Fsp3) is 0.400. The minimum absolute atomic E-state index is 0.0719. The Morgan fingerprint density at radius 2 is 1.92 bits per heavy atom. The number of amides is 1. The standard InChI is InChI=1S/C20H23N3O2/c24-20(18-15-25-21-19(18)17-8-9-17)23-13-11-22(12-14-23)10-4-7-16-5-2-1-3-6-16/h1-7,15,17H,8-14H2. The predicted octanol–water partition coefficient (Wildman–Crippen LogP) is 3.02.